The Bertz CT molecular complexity index is 1150. The molecule has 1 heterocycles. The van der Waals surface area contributed by atoms with Gasteiger partial charge in [0.2, 0.25) is 17.7 Å². The normalized spacial score (nSPS) is 14.1. The van der Waals surface area contributed by atoms with E-state index < -0.39 is 29.9 Å². The summed E-state index contributed by atoms with van der Waals surface area (Å²) in [5.41, 5.74) is 6.88. The lowest BCUT2D eigenvalue weighted by molar-refractivity contribution is -0.137. The molecule has 1 aliphatic heterocycles. The Balaban J connectivity index is 1.94. The van der Waals surface area contributed by atoms with Gasteiger partial charge in [0, 0.05) is 37.3 Å². The van der Waals surface area contributed by atoms with Gasteiger partial charge in [-0.25, -0.2) is 4.79 Å². The third-order valence-electron chi connectivity index (χ3n) is 6.92. The molecule has 12 heteroatoms. The molecule has 1 unspecified atom stereocenters. The quantitative estimate of drug-likeness (QED) is 0.128. The van der Waals surface area contributed by atoms with E-state index in [9.17, 15) is 28.8 Å². The van der Waals surface area contributed by atoms with Gasteiger partial charge in [0.1, 0.15) is 12.1 Å². The maximum absolute atomic E-state index is 13.3. The van der Waals surface area contributed by atoms with Crippen LogP contribution in [0.25, 0.3) is 0 Å². The Morgan fingerprint density at radius 2 is 1.49 bits per heavy atom. The zero-order chi connectivity index (χ0) is 31.9. The van der Waals surface area contributed by atoms with E-state index in [1.54, 1.807) is 13.8 Å². The van der Waals surface area contributed by atoms with Crippen molar-refractivity contribution in [3.8, 4) is 0 Å². The number of amides is 7. The van der Waals surface area contributed by atoms with Crippen LogP contribution in [-0.2, 0) is 30.4 Å². The maximum atomic E-state index is 13.3. The Morgan fingerprint density at radius 1 is 0.837 bits per heavy atom. The molecular weight excluding hydrogens is 552 g/mol. The number of carbonyl (C=O) groups excluding carboxylic acids is 6. The van der Waals surface area contributed by atoms with Crippen LogP contribution in [0.1, 0.15) is 71.8 Å². The smallest absolute Gasteiger partial charge is 0.312 e. The summed E-state index contributed by atoms with van der Waals surface area (Å²) in [6, 6.07) is 5.08. The zero-order valence-corrected chi connectivity index (χ0v) is 25.6. The Hall–Kier alpha value is -4.22. The molecule has 0 aromatic heterocycles. The zero-order valence-electron chi connectivity index (χ0n) is 25.6. The molecule has 1 aromatic carbocycles. The number of urea groups is 1. The minimum Gasteiger partial charge on any atom is -0.352 e. The summed E-state index contributed by atoms with van der Waals surface area (Å²) < 4.78 is 0. The lowest BCUT2D eigenvalue weighted by Crippen LogP contribution is -2.54. The first-order chi connectivity index (χ1) is 20.4. The van der Waals surface area contributed by atoms with Crippen LogP contribution in [0.15, 0.2) is 36.4 Å². The van der Waals surface area contributed by atoms with Crippen LogP contribution < -0.4 is 27.0 Å². The number of imide groups is 1. The van der Waals surface area contributed by atoms with Crippen molar-refractivity contribution in [2.24, 2.45) is 17.6 Å². The average Bonchev–Trinajstić information content (AvgIpc) is 3.25. The predicted octanol–water partition coefficient (Wildman–Crippen LogP) is 2.38. The fourth-order valence-corrected chi connectivity index (χ4v) is 4.64. The highest BCUT2D eigenvalue weighted by atomic mass is 16.2. The third kappa shape index (κ3) is 12.7. The van der Waals surface area contributed by atoms with E-state index in [1.807, 2.05) is 24.3 Å². The van der Waals surface area contributed by atoms with E-state index in [-0.39, 0.29) is 43.0 Å². The molecular formula is C31H46N6O6. The number of nitrogens with one attached hydrogen (secondary N) is 4. The Labute approximate surface area is 253 Å². The molecule has 7 amide bonds. The minimum absolute atomic E-state index is 0.173. The molecule has 0 radical (unpaired) electrons. The van der Waals surface area contributed by atoms with E-state index in [1.165, 1.54) is 12.2 Å². The van der Waals surface area contributed by atoms with Crippen molar-refractivity contribution < 1.29 is 28.8 Å². The summed E-state index contributed by atoms with van der Waals surface area (Å²) in [5.74, 6) is -1.62. The standard InChI is InChI=1S/C31H46N6O6/c1-20(2)19-22-11-13-23(14-12-22)34-29(41)24(9-8-17-33-31(32)43)35-30(42)28(21(3)4)36-25(38)10-6-5-7-18-37-26(39)15-16-27(37)40/h11-16,20-21,24,28H,5-10,17-19H2,1-4H3,(H,34,41)(H,35,42)(H,36,38)(H3,32,33,43)/t24-,28?/m0/s1. The molecule has 2 rings (SSSR count). The van der Waals surface area contributed by atoms with Gasteiger partial charge in [0.05, 0.1) is 0 Å². The van der Waals surface area contributed by atoms with Gasteiger partial charge < -0.3 is 27.0 Å². The number of hydrogen-bond acceptors (Lipinski definition) is 6. The Kier molecular flexibility index (Phi) is 14.4. The maximum Gasteiger partial charge on any atom is 0.312 e. The van der Waals surface area contributed by atoms with E-state index in [4.69, 9.17) is 5.73 Å². The van der Waals surface area contributed by atoms with Crippen LogP contribution in [-0.4, -0.2) is 65.6 Å². The van der Waals surface area contributed by atoms with Crippen molar-refractivity contribution in [1.29, 1.82) is 0 Å². The van der Waals surface area contributed by atoms with Gasteiger partial charge in [-0.2, -0.15) is 0 Å². The second-order valence-corrected chi connectivity index (χ2v) is 11.5. The summed E-state index contributed by atoms with van der Waals surface area (Å²) in [5, 5.41) is 10.9. The molecule has 0 saturated heterocycles. The van der Waals surface area contributed by atoms with Crippen molar-refractivity contribution in [2.45, 2.75) is 84.7 Å². The lowest BCUT2D eigenvalue weighted by atomic mass is 10.0. The van der Waals surface area contributed by atoms with Gasteiger partial charge in [-0.05, 0) is 61.6 Å². The summed E-state index contributed by atoms with van der Waals surface area (Å²) in [6.07, 6.45) is 5.92. The first kappa shape index (κ1) is 35.0. The number of rotatable bonds is 18. The molecule has 43 heavy (non-hydrogen) atoms. The van der Waals surface area contributed by atoms with Crippen molar-refractivity contribution in [3.05, 3.63) is 42.0 Å². The van der Waals surface area contributed by atoms with Gasteiger partial charge >= 0.3 is 6.03 Å². The summed E-state index contributed by atoms with van der Waals surface area (Å²) in [7, 11) is 0. The van der Waals surface area contributed by atoms with Crippen molar-refractivity contribution >= 4 is 41.3 Å². The van der Waals surface area contributed by atoms with Crippen molar-refractivity contribution in [3.63, 3.8) is 0 Å². The fourth-order valence-electron chi connectivity index (χ4n) is 4.64. The topological polar surface area (TPSA) is 180 Å². The molecule has 1 aromatic rings. The number of unbranched alkanes of at least 4 members (excludes halogenated alkanes) is 2. The van der Waals surface area contributed by atoms with E-state index >= 15 is 0 Å². The van der Waals surface area contributed by atoms with Gasteiger partial charge in [0.15, 0.2) is 0 Å². The van der Waals surface area contributed by atoms with E-state index in [0.717, 1.165) is 16.9 Å². The van der Waals surface area contributed by atoms with Gasteiger partial charge in [-0.1, -0.05) is 46.2 Å². The molecule has 0 aliphatic carbocycles. The predicted molar refractivity (Wildman–Crippen MR) is 163 cm³/mol. The number of nitrogens with zero attached hydrogens (tertiary/aromatic N) is 1. The van der Waals surface area contributed by atoms with Gasteiger partial charge in [0.25, 0.3) is 11.8 Å². The SMILES string of the molecule is CC(C)Cc1ccc(NC(=O)[C@H](CCCNC(N)=O)NC(=O)C(NC(=O)CCCCCN2C(=O)C=CC2=O)C(C)C)cc1. The second kappa shape index (κ2) is 17.7. The molecule has 2 atom stereocenters. The largest absolute Gasteiger partial charge is 0.352 e. The van der Waals surface area contributed by atoms with Crippen LogP contribution in [0, 0.1) is 11.8 Å². The van der Waals surface area contributed by atoms with Crippen LogP contribution >= 0.6 is 0 Å². The number of primary amides is 1. The number of carbonyl (C=O) groups is 6. The third-order valence-corrected chi connectivity index (χ3v) is 6.92. The summed E-state index contributed by atoms with van der Waals surface area (Å²) in [4.78, 5) is 74.6. The van der Waals surface area contributed by atoms with Crippen molar-refractivity contribution in [2.75, 3.05) is 18.4 Å². The summed E-state index contributed by atoms with van der Waals surface area (Å²) >= 11 is 0. The van der Waals surface area contributed by atoms with Crippen LogP contribution in [0.2, 0.25) is 0 Å². The molecule has 0 spiro atoms. The highest BCUT2D eigenvalue weighted by molar-refractivity contribution is 6.12. The van der Waals surface area contributed by atoms with Crippen LogP contribution in [0.5, 0.6) is 0 Å². The number of benzene rings is 1. The van der Waals surface area contributed by atoms with Gasteiger partial charge in [-0.15, -0.1) is 0 Å². The van der Waals surface area contributed by atoms with Crippen LogP contribution in [0.3, 0.4) is 0 Å². The molecule has 6 N–H and O–H groups in total. The average molecular weight is 599 g/mol. The van der Waals surface area contributed by atoms with Crippen LogP contribution in [0.4, 0.5) is 10.5 Å². The molecule has 0 fully saturated rings. The summed E-state index contributed by atoms with van der Waals surface area (Å²) in [6.45, 7) is 8.39. The van der Waals surface area contributed by atoms with E-state index in [2.05, 4.69) is 35.1 Å². The molecule has 12 nitrogen and oxygen atoms in total. The first-order valence-electron chi connectivity index (χ1n) is 14.9. The number of nitrogens with two attached hydrogens (primary N) is 1. The highest BCUT2D eigenvalue weighted by Crippen LogP contribution is 2.15. The number of hydrogen-bond donors (Lipinski definition) is 5. The van der Waals surface area contributed by atoms with E-state index in [0.29, 0.717) is 43.8 Å². The minimum atomic E-state index is -0.916. The molecule has 236 valence electrons. The van der Waals surface area contributed by atoms with Crippen molar-refractivity contribution in [1.82, 2.24) is 20.9 Å². The molecule has 0 saturated carbocycles. The highest BCUT2D eigenvalue weighted by Gasteiger charge is 2.29. The lowest BCUT2D eigenvalue weighted by Gasteiger charge is -2.25. The Morgan fingerprint density at radius 3 is 2.07 bits per heavy atom. The fraction of sp³-hybridized carbons (Fsp3) is 0.548. The van der Waals surface area contributed by atoms with Gasteiger partial charge in [-0.3, -0.25) is 28.9 Å². The monoisotopic (exact) mass is 598 g/mol. The molecule has 0 bridgehead atoms. The first-order valence-corrected chi connectivity index (χ1v) is 14.9. The second-order valence-electron chi connectivity index (χ2n) is 11.5. The molecule has 1 aliphatic rings. The number of anilines is 1.